The fourth-order valence-corrected chi connectivity index (χ4v) is 3.79. The van der Waals surface area contributed by atoms with Gasteiger partial charge >= 0.3 is 0 Å². The summed E-state index contributed by atoms with van der Waals surface area (Å²) in [4.78, 5) is 31.2. The Balaban J connectivity index is 1.67. The summed E-state index contributed by atoms with van der Waals surface area (Å²) in [6, 6.07) is 12.5. The molecule has 174 valence electrons. The summed E-state index contributed by atoms with van der Waals surface area (Å²) in [7, 11) is 1.60. The van der Waals surface area contributed by atoms with Crippen LogP contribution in [-0.4, -0.2) is 59.3 Å². The second-order valence-corrected chi connectivity index (χ2v) is 7.84. The highest BCUT2D eigenvalue weighted by atomic mass is 32.2. The molecule has 0 aliphatic carbocycles. The lowest BCUT2D eigenvalue weighted by Gasteiger charge is -2.18. The molecule has 1 heterocycles. The van der Waals surface area contributed by atoms with Gasteiger partial charge in [0.05, 0.1) is 19.8 Å². The minimum Gasteiger partial charge on any atom is -0.490 e. The topological polar surface area (TPSA) is 85.7 Å². The number of hydrogen-bond acceptors (Lipinski definition) is 6. The number of thioether (sulfide) groups is 1. The quantitative estimate of drug-likeness (QED) is 0.451. The Morgan fingerprint density at radius 3 is 2.58 bits per heavy atom. The number of imidazole rings is 1. The van der Waals surface area contributed by atoms with Crippen LogP contribution in [0.15, 0.2) is 60.0 Å². The second kappa shape index (κ2) is 11.4. The van der Waals surface area contributed by atoms with E-state index < -0.39 is 0 Å². The molecule has 0 aliphatic rings. The van der Waals surface area contributed by atoms with Crippen molar-refractivity contribution in [1.82, 2.24) is 14.5 Å². The minimum absolute atomic E-state index is 0.0959. The van der Waals surface area contributed by atoms with E-state index in [9.17, 15) is 9.59 Å². The molecule has 3 aromatic rings. The summed E-state index contributed by atoms with van der Waals surface area (Å²) in [5.41, 5.74) is 1.89. The average molecular weight is 469 g/mol. The normalized spacial score (nSPS) is 10.5. The van der Waals surface area contributed by atoms with Gasteiger partial charge in [0.2, 0.25) is 5.91 Å². The molecule has 0 saturated carbocycles. The lowest BCUT2D eigenvalue weighted by Crippen LogP contribution is -2.35. The van der Waals surface area contributed by atoms with Crippen molar-refractivity contribution in [2.24, 2.45) is 0 Å². The Bertz CT molecular complexity index is 1120. The number of amides is 2. The van der Waals surface area contributed by atoms with Crippen LogP contribution in [0.25, 0.3) is 5.69 Å². The van der Waals surface area contributed by atoms with Crippen LogP contribution in [0, 0.1) is 0 Å². The molecule has 9 heteroatoms. The number of aromatic nitrogens is 2. The lowest BCUT2D eigenvalue weighted by molar-refractivity contribution is -0.116. The van der Waals surface area contributed by atoms with E-state index >= 15 is 0 Å². The van der Waals surface area contributed by atoms with Gasteiger partial charge < -0.3 is 19.7 Å². The maximum atomic E-state index is 12.9. The van der Waals surface area contributed by atoms with Gasteiger partial charge in [-0.2, -0.15) is 0 Å². The molecular weight excluding hydrogens is 440 g/mol. The number of nitrogens with one attached hydrogen (secondary N) is 1. The maximum Gasteiger partial charge on any atom is 0.254 e. The van der Waals surface area contributed by atoms with Crippen LogP contribution in [0.1, 0.15) is 24.2 Å². The molecule has 0 unspecified atom stereocenters. The van der Waals surface area contributed by atoms with Crippen LogP contribution in [0.2, 0.25) is 0 Å². The first-order chi connectivity index (χ1) is 16.0. The number of ether oxygens (including phenoxy) is 2. The first-order valence-corrected chi connectivity index (χ1v) is 11.8. The first kappa shape index (κ1) is 24.2. The standard InChI is InChI=1S/C24H28N4O4S/c1-5-31-20-11-10-18(15-21(20)32-6-2)26-22(29)16-27(3)23(30)17-8-7-9-19(14-17)28-13-12-25-24(28)33-4/h7-15H,5-6,16H2,1-4H3,(H,26,29). The predicted octanol–water partition coefficient (Wildman–Crippen LogP) is 4.10. The van der Waals surface area contributed by atoms with Crippen LogP contribution in [0.3, 0.4) is 0 Å². The molecule has 1 N–H and O–H groups in total. The molecule has 33 heavy (non-hydrogen) atoms. The van der Waals surface area contributed by atoms with Crippen molar-refractivity contribution in [3.63, 3.8) is 0 Å². The van der Waals surface area contributed by atoms with E-state index in [1.165, 1.54) is 16.7 Å². The third kappa shape index (κ3) is 6.07. The summed E-state index contributed by atoms with van der Waals surface area (Å²) < 4.78 is 13.1. The Labute approximate surface area is 197 Å². The highest BCUT2D eigenvalue weighted by Gasteiger charge is 2.17. The fraction of sp³-hybridized carbons (Fsp3) is 0.292. The molecule has 8 nitrogen and oxygen atoms in total. The van der Waals surface area contributed by atoms with Crippen molar-refractivity contribution in [3.05, 3.63) is 60.4 Å². The monoisotopic (exact) mass is 468 g/mol. The van der Waals surface area contributed by atoms with Crippen LogP contribution in [-0.2, 0) is 4.79 Å². The van der Waals surface area contributed by atoms with Crippen LogP contribution < -0.4 is 14.8 Å². The Hall–Kier alpha value is -3.46. The van der Waals surface area contributed by atoms with E-state index in [0.717, 1.165) is 10.8 Å². The first-order valence-electron chi connectivity index (χ1n) is 10.6. The van der Waals surface area contributed by atoms with E-state index in [1.54, 1.807) is 43.6 Å². The number of carbonyl (C=O) groups excluding carboxylic acids is 2. The van der Waals surface area contributed by atoms with Gasteiger partial charge in [-0.15, -0.1) is 0 Å². The van der Waals surface area contributed by atoms with Crippen LogP contribution in [0.5, 0.6) is 11.5 Å². The number of nitrogens with zero attached hydrogens (tertiary/aromatic N) is 3. The highest BCUT2D eigenvalue weighted by Crippen LogP contribution is 2.30. The molecule has 0 saturated heterocycles. The third-order valence-electron chi connectivity index (χ3n) is 4.72. The molecule has 0 bridgehead atoms. The van der Waals surface area contributed by atoms with Crippen molar-refractivity contribution in [2.45, 2.75) is 19.0 Å². The molecule has 2 amide bonds. The molecule has 0 aliphatic heterocycles. The largest absolute Gasteiger partial charge is 0.490 e. The predicted molar refractivity (Wildman–Crippen MR) is 130 cm³/mol. The van der Waals surface area contributed by atoms with Gasteiger partial charge in [0.25, 0.3) is 5.91 Å². The van der Waals surface area contributed by atoms with Gasteiger partial charge in [-0.25, -0.2) is 4.98 Å². The van der Waals surface area contributed by atoms with Gasteiger partial charge in [0, 0.05) is 42.4 Å². The van der Waals surface area contributed by atoms with Gasteiger partial charge in [-0.1, -0.05) is 17.8 Å². The zero-order chi connectivity index (χ0) is 23.8. The summed E-state index contributed by atoms with van der Waals surface area (Å²) >= 11 is 1.52. The molecule has 0 radical (unpaired) electrons. The molecule has 0 fully saturated rings. The average Bonchev–Trinajstić information content (AvgIpc) is 3.29. The van der Waals surface area contributed by atoms with E-state index in [1.807, 2.05) is 43.0 Å². The molecule has 1 aromatic heterocycles. The number of hydrogen-bond donors (Lipinski definition) is 1. The Morgan fingerprint density at radius 2 is 1.85 bits per heavy atom. The van der Waals surface area contributed by atoms with Gasteiger partial charge in [-0.3, -0.25) is 14.2 Å². The fourth-order valence-electron chi connectivity index (χ4n) is 3.26. The van der Waals surface area contributed by atoms with Gasteiger partial charge in [0.15, 0.2) is 16.7 Å². The molecular formula is C24H28N4O4S. The molecule has 0 atom stereocenters. The Kier molecular flexibility index (Phi) is 8.37. The Morgan fingerprint density at radius 1 is 1.09 bits per heavy atom. The van der Waals surface area contributed by atoms with E-state index in [4.69, 9.17) is 9.47 Å². The maximum absolute atomic E-state index is 12.9. The van der Waals surface area contributed by atoms with Crippen molar-refractivity contribution in [3.8, 4) is 17.2 Å². The van der Waals surface area contributed by atoms with Gasteiger partial charge in [-0.05, 0) is 50.4 Å². The molecule has 2 aromatic carbocycles. The van der Waals surface area contributed by atoms with Crippen molar-refractivity contribution in [2.75, 3.05) is 38.4 Å². The number of benzene rings is 2. The number of likely N-dealkylation sites (N-methyl/N-ethyl adjacent to an activating group) is 1. The second-order valence-electron chi connectivity index (χ2n) is 7.07. The van der Waals surface area contributed by atoms with Crippen molar-refractivity contribution < 1.29 is 19.1 Å². The van der Waals surface area contributed by atoms with Crippen molar-refractivity contribution in [1.29, 1.82) is 0 Å². The minimum atomic E-state index is -0.312. The third-order valence-corrected chi connectivity index (χ3v) is 5.38. The summed E-state index contributed by atoms with van der Waals surface area (Å²) in [5, 5.41) is 3.64. The molecule has 3 rings (SSSR count). The lowest BCUT2D eigenvalue weighted by atomic mass is 10.1. The molecule has 0 spiro atoms. The number of carbonyl (C=O) groups is 2. The van der Waals surface area contributed by atoms with E-state index in [0.29, 0.717) is 36.0 Å². The highest BCUT2D eigenvalue weighted by molar-refractivity contribution is 7.98. The zero-order valence-corrected chi connectivity index (χ0v) is 20.0. The van der Waals surface area contributed by atoms with Crippen LogP contribution in [0.4, 0.5) is 5.69 Å². The SMILES string of the molecule is CCOc1ccc(NC(=O)CN(C)C(=O)c2cccc(-n3ccnc3SC)c2)cc1OCC. The van der Waals surface area contributed by atoms with E-state index in [2.05, 4.69) is 10.3 Å². The summed E-state index contributed by atoms with van der Waals surface area (Å²) in [6.45, 7) is 4.67. The number of anilines is 1. The van der Waals surface area contributed by atoms with Gasteiger partial charge in [0.1, 0.15) is 0 Å². The van der Waals surface area contributed by atoms with E-state index in [-0.39, 0.29) is 18.4 Å². The van der Waals surface area contributed by atoms with Crippen molar-refractivity contribution >= 4 is 29.3 Å². The summed E-state index contributed by atoms with van der Waals surface area (Å²) in [5.74, 6) is 0.613. The summed E-state index contributed by atoms with van der Waals surface area (Å²) in [6.07, 6.45) is 5.51. The smallest absolute Gasteiger partial charge is 0.254 e. The number of rotatable bonds is 10. The van der Waals surface area contributed by atoms with Crippen LogP contribution >= 0.6 is 11.8 Å². The zero-order valence-electron chi connectivity index (χ0n) is 19.2.